The molecule has 4 aromatic rings. The van der Waals surface area contributed by atoms with Gasteiger partial charge in [0.15, 0.2) is 0 Å². The molecule has 1 fully saturated rings. The van der Waals surface area contributed by atoms with Gasteiger partial charge >= 0.3 is 0 Å². The van der Waals surface area contributed by atoms with Gasteiger partial charge in [-0.1, -0.05) is 24.3 Å². The number of nitrogens with zero attached hydrogens (tertiary/aromatic N) is 7. The zero-order valence-electron chi connectivity index (χ0n) is 21.5. The summed E-state index contributed by atoms with van der Waals surface area (Å²) in [5.74, 6) is 2.85. The van der Waals surface area contributed by atoms with Gasteiger partial charge in [0.05, 0.1) is 7.11 Å². The first-order valence-electron chi connectivity index (χ1n) is 13.0. The highest BCUT2D eigenvalue weighted by Crippen LogP contribution is 2.23. The smallest absolute Gasteiger partial charge is 0.231 e. The van der Waals surface area contributed by atoms with Crippen LogP contribution in [-0.2, 0) is 19.4 Å². The molecule has 0 amide bonds. The largest absolute Gasteiger partial charge is 0.496 e. The molecule has 194 valence electrons. The van der Waals surface area contributed by atoms with E-state index in [1.807, 2.05) is 30.6 Å². The first-order chi connectivity index (χ1) is 18.7. The van der Waals surface area contributed by atoms with Crippen LogP contribution in [0.5, 0.6) is 5.75 Å². The Morgan fingerprint density at radius 3 is 2.50 bits per heavy atom. The number of hydrogen-bond acceptors (Lipinski definition) is 10. The Balaban J connectivity index is 1.06. The quantitative estimate of drug-likeness (QED) is 0.386. The Hall–Kier alpha value is -4.31. The van der Waals surface area contributed by atoms with Gasteiger partial charge in [-0.2, -0.15) is 4.98 Å². The van der Waals surface area contributed by atoms with Gasteiger partial charge in [-0.05, 0) is 53.4 Å². The van der Waals surface area contributed by atoms with Crippen LogP contribution >= 0.6 is 0 Å². The lowest BCUT2D eigenvalue weighted by Crippen LogP contribution is -2.47. The third kappa shape index (κ3) is 5.35. The van der Waals surface area contributed by atoms with Crippen LogP contribution in [0.1, 0.15) is 22.3 Å². The zero-order chi connectivity index (χ0) is 25.7. The molecule has 6 rings (SSSR count). The van der Waals surface area contributed by atoms with Crippen molar-refractivity contribution in [3.8, 4) is 5.75 Å². The van der Waals surface area contributed by atoms with Crippen LogP contribution in [0.4, 0.5) is 23.5 Å². The molecule has 0 aliphatic carbocycles. The van der Waals surface area contributed by atoms with Crippen LogP contribution in [0.2, 0.25) is 0 Å². The maximum absolute atomic E-state index is 5.47. The molecule has 2 N–H and O–H groups in total. The normalized spacial score (nSPS) is 15.2. The lowest BCUT2D eigenvalue weighted by molar-refractivity contribution is 0.410. The van der Waals surface area contributed by atoms with E-state index in [2.05, 4.69) is 69.6 Å². The van der Waals surface area contributed by atoms with Crippen LogP contribution in [0.25, 0.3) is 0 Å². The molecule has 0 unspecified atom stereocenters. The number of rotatable bonds is 7. The molecular formula is C28H31N9O. The number of anilines is 4. The molecule has 2 aromatic heterocycles. The first kappa shape index (κ1) is 24.1. The van der Waals surface area contributed by atoms with Crippen molar-refractivity contribution in [1.29, 1.82) is 0 Å². The molecular weight excluding hydrogens is 478 g/mol. The standard InChI is InChI=1S/C28H31N9O/c1-38-25-5-3-2-4-22(25)14-20-16-30-27(31-17-20)36-10-12-37(13-11-36)28-33-19-32-26(35-28)34-24-7-6-21-8-9-29-18-23(21)15-24/h2-7,15-17,19,29H,8-14,18H2,1H3,(H,32,33,34,35). The number of ether oxygens (including phenoxy) is 1. The second-order valence-corrected chi connectivity index (χ2v) is 9.50. The van der Waals surface area contributed by atoms with Crippen molar-refractivity contribution in [1.82, 2.24) is 30.2 Å². The zero-order valence-corrected chi connectivity index (χ0v) is 21.5. The van der Waals surface area contributed by atoms with Gasteiger partial charge in [0.2, 0.25) is 17.8 Å². The highest BCUT2D eigenvalue weighted by molar-refractivity contribution is 5.57. The van der Waals surface area contributed by atoms with E-state index in [-0.39, 0.29) is 0 Å². The number of methoxy groups -OCH3 is 1. The fourth-order valence-electron chi connectivity index (χ4n) is 4.97. The number of fused-ring (bicyclic) bond motifs is 1. The molecule has 0 radical (unpaired) electrons. The third-order valence-electron chi connectivity index (χ3n) is 7.03. The molecule has 0 saturated carbocycles. The van der Waals surface area contributed by atoms with Gasteiger partial charge in [0.1, 0.15) is 12.1 Å². The summed E-state index contributed by atoms with van der Waals surface area (Å²) in [4.78, 5) is 27.1. The summed E-state index contributed by atoms with van der Waals surface area (Å²) >= 11 is 0. The number of aromatic nitrogens is 5. The Morgan fingerprint density at radius 1 is 0.895 bits per heavy atom. The molecule has 0 spiro atoms. The van der Waals surface area contributed by atoms with Gasteiger partial charge in [-0.3, -0.25) is 0 Å². The summed E-state index contributed by atoms with van der Waals surface area (Å²) in [5.41, 5.74) is 5.88. The van der Waals surface area contributed by atoms with Crippen LogP contribution in [0.3, 0.4) is 0 Å². The van der Waals surface area contributed by atoms with Crippen molar-refractivity contribution in [2.24, 2.45) is 0 Å². The summed E-state index contributed by atoms with van der Waals surface area (Å²) in [5, 5.41) is 6.77. The predicted molar refractivity (Wildman–Crippen MR) is 147 cm³/mol. The summed E-state index contributed by atoms with van der Waals surface area (Å²) in [7, 11) is 1.69. The monoisotopic (exact) mass is 509 g/mol. The summed E-state index contributed by atoms with van der Waals surface area (Å²) in [6, 6.07) is 14.5. The van der Waals surface area contributed by atoms with Crippen molar-refractivity contribution in [2.75, 3.05) is 55.0 Å². The van der Waals surface area contributed by atoms with Crippen molar-refractivity contribution in [2.45, 2.75) is 19.4 Å². The Kier molecular flexibility index (Phi) is 6.95. The maximum atomic E-state index is 5.47. The molecule has 1 saturated heterocycles. The van der Waals surface area contributed by atoms with E-state index in [0.717, 1.165) is 80.6 Å². The highest BCUT2D eigenvalue weighted by Gasteiger charge is 2.21. The Labute approximate surface area is 222 Å². The average molecular weight is 510 g/mol. The van der Waals surface area contributed by atoms with Crippen LogP contribution in [-0.4, -0.2) is 64.8 Å². The van der Waals surface area contributed by atoms with E-state index in [9.17, 15) is 0 Å². The molecule has 4 heterocycles. The van der Waals surface area contributed by atoms with Crippen molar-refractivity contribution >= 4 is 23.5 Å². The van der Waals surface area contributed by atoms with Gasteiger partial charge in [-0.15, -0.1) is 0 Å². The molecule has 10 nitrogen and oxygen atoms in total. The second kappa shape index (κ2) is 11.0. The number of piperazine rings is 1. The minimum atomic E-state index is 0.551. The molecule has 2 aliphatic rings. The lowest BCUT2D eigenvalue weighted by Gasteiger charge is -2.34. The van der Waals surface area contributed by atoms with E-state index in [1.54, 1.807) is 13.4 Å². The Morgan fingerprint density at radius 2 is 1.68 bits per heavy atom. The van der Waals surface area contributed by atoms with E-state index < -0.39 is 0 Å². The van der Waals surface area contributed by atoms with Gasteiger partial charge in [-0.25, -0.2) is 19.9 Å². The SMILES string of the molecule is COc1ccccc1Cc1cnc(N2CCN(c3ncnc(Nc4ccc5c(c4)CNCC5)n3)CC2)nc1. The maximum Gasteiger partial charge on any atom is 0.231 e. The molecule has 0 bridgehead atoms. The van der Waals surface area contributed by atoms with Crippen LogP contribution in [0, 0.1) is 0 Å². The Bertz CT molecular complexity index is 1390. The van der Waals surface area contributed by atoms with Crippen LogP contribution in [0.15, 0.2) is 61.2 Å². The highest BCUT2D eigenvalue weighted by atomic mass is 16.5. The fourth-order valence-corrected chi connectivity index (χ4v) is 4.97. The molecule has 2 aromatic carbocycles. The van der Waals surface area contributed by atoms with Crippen molar-refractivity contribution < 1.29 is 4.74 Å². The van der Waals surface area contributed by atoms with Crippen molar-refractivity contribution in [3.63, 3.8) is 0 Å². The predicted octanol–water partition coefficient (Wildman–Crippen LogP) is 2.98. The van der Waals surface area contributed by atoms with Gasteiger partial charge in [0, 0.05) is 57.2 Å². The number of benzene rings is 2. The molecule has 2 aliphatic heterocycles. The molecule has 0 atom stereocenters. The number of nitrogens with one attached hydrogen (secondary N) is 2. The number of para-hydroxylation sites is 1. The van der Waals surface area contributed by atoms with Gasteiger partial charge in [0.25, 0.3) is 0 Å². The summed E-state index contributed by atoms with van der Waals surface area (Å²) in [6.45, 7) is 5.06. The molecule has 38 heavy (non-hydrogen) atoms. The lowest BCUT2D eigenvalue weighted by atomic mass is 10.0. The van der Waals surface area contributed by atoms with E-state index >= 15 is 0 Å². The van der Waals surface area contributed by atoms with E-state index in [4.69, 9.17) is 4.74 Å². The summed E-state index contributed by atoms with van der Waals surface area (Å²) in [6.07, 6.45) is 7.18. The minimum absolute atomic E-state index is 0.551. The van der Waals surface area contributed by atoms with Crippen molar-refractivity contribution in [3.05, 3.63) is 83.4 Å². The minimum Gasteiger partial charge on any atom is -0.496 e. The first-order valence-corrected chi connectivity index (χ1v) is 13.0. The van der Waals surface area contributed by atoms with E-state index in [1.165, 1.54) is 11.1 Å². The average Bonchev–Trinajstić information content (AvgIpc) is 2.98. The summed E-state index contributed by atoms with van der Waals surface area (Å²) < 4.78 is 5.47. The second-order valence-electron chi connectivity index (χ2n) is 9.50. The van der Waals surface area contributed by atoms with E-state index in [0.29, 0.717) is 11.9 Å². The fraction of sp³-hybridized carbons (Fsp3) is 0.321. The van der Waals surface area contributed by atoms with Crippen LogP contribution < -0.4 is 25.2 Å². The number of hydrogen-bond donors (Lipinski definition) is 2. The third-order valence-corrected chi connectivity index (χ3v) is 7.03. The topological polar surface area (TPSA) is 104 Å². The van der Waals surface area contributed by atoms with Gasteiger partial charge < -0.3 is 25.2 Å². The molecule has 10 heteroatoms.